The van der Waals surface area contributed by atoms with Crippen molar-refractivity contribution >= 4 is 39.4 Å². The molecule has 1 aliphatic carbocycles. The lowest BCUT2D eigenvalue weighted by Crippen LogP contribution is -2.48. The zero-order chi connectivity index (χ0) is 23.8. The van der Waals surface area contributed by atoms with E-state index in [9.17, 15) is 22.8 Å². The second-order valence-electron chi connectivity index (χ2n) is 8.43. The van der Waals surface area contributed by atoms with Gasteiger partial charge in [0, 0.05) is 42.5 Å². The van der Waals surface area contributed by atoms with Crippen LogP contribution < -0.4 is 15.5 Å². The van der Waals surface area contributed by atoms with Gasteiger partial charge in [0.05, 0.1) is 10.0 Å². The van der Waals surface area contributed by atoms with Crippen molar-refractivity contribution in [2.45, 2.75) is 44.8 Å². The first kappa shape index (κ1) is 23.5. The molecule has 0 spiro atoms. The summed E-state index contributed by atoms with van der Waals surface area (Å²) in [5, 5.41) is 5.75. The fourth-order valence-electron chi connectivity index (χ4n) is 3.81. The van der Waals surface area contributed by atoms with Gasteiger partial charge >= 0.3 is 6.18 Å². The zero-order valence-corrected chi connectivity index (χ0v) is 19.5. The highest BCUT2D eigenvalue weighted by atomic mass is 79.9. The summed E-state index contributed by atoms with van der Waals surface area (Å²) in [5.74, 6) is 0.397. The van der Waals surface area contributed by atoms with Gasteiger partial charge in [0.15, 0.2) is 0 Å². The number of aryl methyl sites for hydroxylation is 1. The van der Waals surface area contributed by atoms with Gasteiger partial charge in [0.25, 0.3) is 5.91 Å². The molecular weight excluding hydrogens is 503 g/mol. The third-order valence-corrected chi connectivity index (χ3v) is 6.20. The first-order chi connectivity index (χ1) is 15.6. The Kier molecular flexibility index (Phi) is 6.60. The maximum Gasteiger partial charge on any atom is 0.417 e. The average molecular weight is 526 g/mol. The fourth-order valence-corrected chi connectivity index (χ4v) is 4.41. The molecule has 0 bridgehead atoms. The average Bonchev–Trinajstić information content (AvgIpc) is 3.58. The highest BCUT2D eigenvalue weighted by Gasteiger charge is 2.33. The van der Waals surface area contributed by atoms with Crippen molar-refractivity contribution < 1.29 is 22.8 Å². The number of anilines is 2. The molecule has 2 N–H and O–H groups in total. The molecule has 1 aliphatic heterocycles. The molecule has 1 atom stereocenters. The van der Waals surface area contributed by atoms with E-state index in [0.717, 1.165) is 37.9 Å². The van der Waals surface area contributed by atoms with Gasteiger partial charge in [-0.1, -0.05) is 0 Å². The maximum absolute atomic E-state index is 12.9. The minimum Gasteiger partial charge on any atom is -0.354 e. The van der Waals surface area contributed by atoms with Crippen LogP contribution in [-0.4, -0.2) is 40.9 Å². The predicted octanol–water partition coefficient (Wildman–Crippen LogP) is 4.31. The summed E-state index contributed by atoms with van der Waals surface area (Å²) >= 11 is 3.20. The summed E-state index contributed by atoms with van der Waals surface area (Å²) < 4.78 is 39.0. The number of halogens is 4. The van der Waals surface area contributed by atoms with Crippen molar-refractivity contribution in [2.75, 3.05) is 23.3 Å². The number of piperidine rings is 1. The topological polar surface area (TPSA) is 87.2 Å². The summed E-state index contributed by atoms with van der Waals surface area (Å²) in [6, 6.07) is 4.01. The van der Waals surface area contributed by atoms with Crippen LogP contribution in [0.15, 0.2) is 28.9 Å². The molecule has 1 saturated carbocycles. The van der Waals surface area contributed by atoms with Crippen LogP contribution >= 0.6 is 15.9 Å². The summed E-state index contributed by atoms with van der Waals surface area (Å²) in [6.45, 7) is 2.78. The molecule has 2 amide bonds. The van der Waals surface area contributed by atoms with E-state index in [1.807, 2.05) is 4.90 Å². The van der Waals surface area contributed by atoms with E-state index < -0.39 is 11.7 Å². The van der Waals surface area contributed by atoms with Crippen LogP contribution in [0.4, 0.5) is 24.8 Å². The van der Waals surface area contributed by atoms with E-state index in [1.165, 1.54) is 0 Å². The first-order valence-corrected chi connectivity index (χ1v) is 11.5. The Bertz CT molecular complexity index is 1070. The minimum absolute atomic E-state index is 0.0240. The Morgan fingerprint density at radius 2 is 1.94 bits per heavy atom. The van der Waals surface area contributed by atoms with Crippen molar-refractivity contribution in [3.63, 3.8) is 0 Å². The van der Waals surface area contributed by atoms with Crippen molar-refractivity contribution in [1.29, 1.82) is 0 Å². The van der Waals surface area contributed by atoms with Crippen molar-refractivity contribution in [3.8, 4) is 0 Å². The Hall–Kier alpha value is -2.69. The third-order valence-electron chi connectivity index (χ3n) is 5.62. The molecule has 33 heavy (non-hydrogen) atoms. The van der Waals surface area contributed by atoms with Crippen LogP contribution in [0, 0.1) is 12.8 Å². The molecule has 7 nitrogen and oxygen atoms in total. The van der Waals surface area contributed by atoms with Gasteiger partial charge in [0.2, 0.25) is 5.91 Å². The number of carbonyl (C=O) groups is 2. The number of aromatic nitrogens is 2. The SMILES string of the molecule is Cc1cc(C(=O)N[C@@H]2CCCN(c3ncc(C(F)(F)F)cc3Br)C2)cc(NC(=O)C2CC2)n1. The molecule has 2 aliphatic rings. The van der Waals surface area contributed by atoms with Crippen LogP contribution in [0.1, 0.15) is 47.3 Å². The number of pyridine rings is 2. The highest BCUT2D eigenvalue weighted by molar-refractivity contribution is 9.10. The molecule has 0 aromatic carbocycles. The van der Waals surface area contributed by atoms with E-state index in [0.29, 0.717) is 36.0 Å². The lowest BCUT2D eigenvalue weighted by atomic mass is 10.0. The van der Waals surface area contributed by atoms with Crippen LogP contribution in [0.3, 0.4) is 0 Å². The zero-order valence-electron chi connectivity index (χ0n) is 17.9. The van der Waals surface area contributed by atoms with Crippen LogP contribution in [0.25, 0.3) is 0 Å². The number of carbonyl (C=O) groups excluding carboxylic acids is 2. The first-order valence-electron chi connectivity index (χ1n) is 10.7. The second-order valence-corrected chi connectivity index (χ2v) is 9.29. The molecule has 2 fully saturated rings. The summed E-state index contributed by atoms with van der Waals surface area (Å²) in [6.07, 6.45) is -0.431. The summed E-state index contributed by atoms with van der Waals surface area (Å²) in [7, 11) is 0. The van der Waals surface area contributed by atoms with Crippen molar-refractivity contribution in [1.82, 2.24) is 15.3 Å². The number of alkyl halides is 3. The number of nitrogens with zero attached hydrogens (tertiary/aromatic N) is 3. The Morgan fingerprint density at radius 1 is 1.18 bits per heavy atom. The van der Waals surface area contributed by atoms with Gasteiger partial charge in [-0.25, -0.2) is 9.97 Å². The van der Waals surface area contributed by atoms with E-state index in [1.54, 1.807) is 19.1 Å². The van der Waals surface area contributed by atoms with E-state index in [-0.39, 0.29) is 28.2 Å². The molecule has 2 aromatic rings. The smallest absolute Gasteiger partial charge is 0.354 e. The van der Waals surface area contributed by atoms with Gasteiger partial charge in [0.1, 0.15) is 11.6 Å². The molecule has 0 radical (unpaired) electrons. The molecule has 11 heteroatoms. The normalized spacial score (nSPS) is 18.7. The van der Waals surface area contributed by atoms with Gasteiger partial charge in [-0.3, -0.25) is 9.59 Å². The van der Waals surface area contributed by atoms with Crippen molar-refractivity contribution in [3.05, 3.63) is 45.7 Å². The number of hydrogen-bond acceptors (Lipinski definition) is 5. The van der Waals surface area contributed by atoms with Gasteiger partial charge in [-0.15, -0.1) is 0 Å². The Labute approximate surface area is 197 Å². The monoisotopic (exact) mass is 525 g/mol. The van der Waals surface area contributed by atoms with Gasteiger partial charge in [-0.2, -0.15) is 13.2 Å². The third kappa shape index (κ3) is 5.82. The molecule has 4 rings (SSSR count). The van der Waals surface area contributed by atoms with E-state index in [2.05, 4.69) is 36.5 Å². The number of nitrogens with one attached hydrogen (secondary N) is 2. The standard InChI is InChI=1S/C22H23BrF3N5O2/c1-12-7-14(8-18(28-12)30-20(32)13-4-5-13)21(33)29-16-3-2-6-31(11-16)19-17(23)9-15(10-27-19)22(24,25)26/h7-10,13,16H,2-6,11H2,1H3,(H,29,33)(H,28,30,32)/t16-/m1/s1. The predicted molar refractivity (Wildman–Crippen MR) is 120 cm³/mol. The Morgan fingerprint density at radius 3 is 2.61 bits per heavy atom. The number of amides is 2. The van der Waals surface area contributed by atoms with Crippen LogP contribution in [0.5, 0.6) is 0 Å². The number of rotatable bonds is 5. The molecular formula is C22H23BrF3N5O2. The maximum atomic E-state index is 12.9. The summed E-state index contributed by atoms with van der Waals surface area (Å²) in [4.78, 5) is 35.1. The lowest BCUT2D eigenvalue weighted by molar-refractivity contribution is -0.137. The quantitative estimate of drug-likeness (QED) is 0.607. The molecule has 3 heterocycles. The lowest BCUT2D eigenvalue weighted by Gasteiger charge is -2.34. The van der Waals surface area contributed by atoms with Gasteiger partial charge in [-0.05, 0) is 66.7 Å². The highest BCUT2D eigenvalue weighted by Crippen LogP contribution is 2.34. The van der Waals surface area contributed by atoms with E-state index in [4.69, 9.17) is 0 Å². The second kappa shape index (κ2) is 9.28. The largest absolute Gasteiger partial charge is 0.417 e. The van der Waals surface area contributed by atoms with Crippen LogP contribution in [-0.2, 0) is 11.0 Å². The molecule has 2 aromatic heterocycles. The minimum atomic E-state index is -4.47. The molecule has 0 unspecified atom stereocenters. The fraction of sp³-hybridized carbons (Fsp3) is 0.455. The molecule has 176 valence electrons. The summed E-state index contributed by atoms with van der Waals surface area (Å²) in [5.41, 5.74) is 0.175. The Balaban J connectivity index is 1.43. The van der Waals surface area contributed by atoms with Crippen LogP contribution in [0.2, 0.25) is 0 Å². The number of hydrogen-bond donors (Lipinski definition) is 2. The molecule has 1 saturated heterocycles. The van der Waals surface area contributed by atoms with E-state index >= 15 is 0 Å². The van der Waals surface area contributed by atoms with Gasteiger partial charge < -0.3 is 15.5 Å². The van der Waals surface area contributed by atoms with Crippen molar-refractivity contribution in [2.24, 2.45) is 5.92 Å².